The number of benzene rings is 9. The van der Waals surface area contributed by atoms with Gasteiger partial charge in [0.25, 0.3) is 0 Å². The molecule has 9 aromatic carbocycles. The first kappa shape index (κ1) is 37.6. The van der Waals surface area contributed by atoms with Gasteiger partial charge in [-0.2, -0.15) is 0 Å². The van der Waals surface area contributed by atoms with Crippen molar-refractivity contribution in [2.24, 2.45) is 23.7 Å². The summed E-state index contributed by atoms with van der Waals surface area (Å²) in [4.78, 5) is 2.52. The lowest BCUT2D eigenvalue weighted by Gasteiger charge is -2.37. The number of hydrogen-bond donors (Lipinski definition) is 0. The SMILES string of the molecule is C[C@H]1C[C@H]2C[C@@H]3C[C@@H](C2)C(c2cccc(N(c4ccc(-c5cc6ccccc6c6ccccc56)cc4)c4cccc(-c5cccc(-n6c7ccccc7c7ccccc76)c5)c4)c2)(C1)C3. The molecule has 13 rings (SSSR count). The molecule has 0 saturated heterocycles. The van der Waals surface area contributed by atoms with Gasteiger partial charge in [0.05, 0.1) is 11.0 Å². The Morgan fingerprint density at radius 2 is 1.06 bits per heavy atom. The molecule has 3 saturated carbocycles. The first-order valence-corrected chi connectivity index (χ1v) is 23.7. The van der Waals surface area contributed by atoms with E-state index < -0.39 is 0 Å². The van der Waals surface area contributed by atoms with Gasteiger partial charge in [0, 0.05) is 33.5 Å². The van der Waals surface area contributed by atoms with E-state index in [1.807, 2.05) is 0 Å². The lowest BCUT2D eigenvalue weighted by atomic mass is 9.68. The lowest BCUT2D eigenvalue weighted by Crippen LogP contribution is -2.31. The first-order chi connectivity index (χ1) is 31.6. The molecular formula is C62H52N2. The molecule has 310 valence electrons. The van der Waals surface area contributed by atoms with Crippen LogP contribution in [-0.4, -0.2) is 4.57 Å². The second kappa shape index (κ2) is 14.8. The van der Waals surface area contributed by atoms with Gasteiger partial charge in [-0.3, -0.25) is 0 Å². The normalized spacial score (nSPS) is 21.5. The minimum atomic E-state index is 0.271. The molecule has 0 aliphatic heterocycles. The Labute approximate surface area is 376 Å². The molecule has 3 aliphatic carbocycles. The Kier molecular flexibility index (Phi) is 8.73. The van der Waals surface area contributed by atoms with Crippen LogP contribution < -0.4 is 4.90 Å². The molecule has 0 N–H and O–H groups in total. The number of hydrogen-bond acceptors (Lipinski definition) is 1. The van der Waals surface area contributed by atoms with Crippen LogP contribution in [0.5, 0.6) is 0 Å². The predicted octanol–water partition coefficient (Wildman–Crippen LogP) is 17.0. The molecule has 10 aromatic rings. The van der Waals surface area contributed by atoms with Gasteiger partial charge in [0.15, 0.2) is 0 Å². The number of fused-ring (bicyclic) bond motifs is 8. The number of nitrogens with zero attached hydrogens (tertiary/aromatic N) is 2. The van der Waals surface area contributed by atoms with Crippen molar-refractivity contribution in [3.8, 4) is 27.9 Å². The smallest absolute Gasteiger partial charge is 0.0541 e. The van der Waals surface area contributed by atoms with Crippen molar-refractivity contribution in [3.63, 3.8) is 0 Å². The van der Waals surface area contributed by atoms with Crippen molar-refractivity contribution in [2.45, 2.75) is 50.9 Å². The zero-order valence-electron chi connectivity index (χ0n) is 36.5. The summed E-state index contributed by atoms with van der Waals surface area (Å²) in [6, 6.07) is 75.1. The molecule has 1 heterocycles. The van der Waals surface area contributed by atoms with Crippen LogP contribution in [0.3, 0.4) is 0 Å². The summed E-state index contributed by atoms with van der Waals surface area (Å²) in [5.41, 5.74) is 13.9. The van der Waals surface area contributed by atoms with Crippen LogP contribution in [0.25, 0.3) is 71.3 Å². The van der Waals surface area contributed by atoms with Crippen LogP contribution in [0.1, 0.15) is 51.0 Å². The third kappa shape index (κ3) is 6.06. The fourth-order valence-corrected chi connectivity index (χ4v) is 13.4. The van der Waals surface area contributed by atoms with Gasteiger partial charge in [-0.15, -0.1) is 0 Å². The Hall–Kier alpha value is -6.90. The van der Waals surface area contributed by atoms with Crippen LogP contribution in [-0.2, 0) is 5.41 Å². The van der Waals surface area contributed by atoms with Crippen molar-refractivity contribution in [1.29, 1.82) is 0 Å². The van der Waals surface area contributed by atoms with Crippen molar-refractivity contribution < 1.29 is 0 Å². The third-order valence-electron chi connectivity index (χ3n) is 15.8. The Morgan fingerprint density at radius 1 is 0.438 bits per heavy atom. The highest BCUT2D eigenvalue weighted by Crippen LogP contribution is 2.62. The largest absolute Gasteiger partial charge is 0.310 e. The van der Waals surface area contributed by atoms with Crippen LogP contribution in [0.15, 0.2) is 200 Å². The van der Waals surface area contributed by atoms with Gasteiger partial charge in [0.2, 0.25) is 0 Å². The second-order valence-corrected chi connectivity index (χ2v) is 19.6. The van der Waals surface area contributed by atoms with Crippen LogP contribution >= 0.6 is 0 Å². The fourth-order valence-electron chi connectivity index (χ4n) is 13.4. The van der Waals surface area contributed by atoms with Gasteiger partial charge in [0.1, 0.15) is 0 Å². The number of rotatable bonds is 7. The van der Waals surface area contributed by atoms with E-state index in [0.717, 1.165) is 29.4 Å². The molecule has 5 atom stereocenters. The summed E-state index contributed by atoms with van der Waals surface area (Å²) in [5.74, 6) is 3.36. The molecule has 0 radical (unpaired) electrons. The molecular weight excluding hydrogens is 773 g/mol. The average Bonchev–Trinajstić information content (AvgIpc) is 3.78. The maximum absolute atomic E-state index is 2.59. The zero-order chi connectivity index (χ0) is 42.4. The van der Waals surface area contributed by atoms with Crippen molar-refractivity contribution in [3.05, 3.63) is 206 Å². The number of para-hydroxylation sites is 2. The zero-order valence-corrected chi connectivity index (χ0v) is 36.5. The van der Waals surface area contributed by atoms with Gasteiger partial charge in [-0.1, -0.05) is 140 Å². The Balaban J connectivity index is 0.944. The summed E-state index contributed by atoms with van der Waals surface area (Å²) >= 11 is 0. The van der Waals surface area contributed by atoms with E-state index in [-0.39, 0.29) is 5.41 Å². The summed E-state index contributed by atoms with van der Waals surface area (Å²) < 4.78 is 2.42. The molecule has 3 bridgehead atoms. The van der Waals surface area contributed by atoms with E-state index >= 15 is 0 Å². The predicted molar refractivity (Wildman–Crippen MR) is 270 cm³/mol. The average molecular weight is 825 g/mol. The van der Waals surface area contributed by atoms with E-state index in [1.165, 1.54) is 121 Å². The minimum absolute atomic E-state index is 0.271. The Morgan fingerprint density at radius 3 is 1.84 bits per heavy atom. The van der Waals surface area contributed by atoms with E-state index in [2.05, 4.69) is 217 Å². The van der Waals surface area contributed by atoms with Crippen LogP contribution in [0.2, 0.25) is 0 Å². The van der Waals surface area contributed by atoms with Gasteiger partial charge in [-0.25, -0.2) is 0 Å². The maximum atomic E-state index is 2.59. The molecule has 1 aromatic heterocycles. The Bertz CT molecular complexity index is 3350. The molecule has 1 unspecified atom stereocenters. The van der Waals surface area contributed by atoms with Gasteiger partial charge < -0.3 is 9.47 Å². The van der Waals surface area contributed by atoms with Gasteiger partial charge in [-0.05, 0) is 184 Å². The quantitative estimate of drug-likeness (QED) is 0.145. The molecule has 0 spiro atoms. The van der Waals surface area contributed by atoms with Crippen LogP contribution in [0.4, 0.5) is 17.1 Å². The molecule has 64 heavy (non-hydrogen) atoms. The topological polar surface area (TPSA) is 8.17 Å². The second-order valence-electron chi connectivity index (χ2n) is 19.6. The number of anilines is 3. The van der Waals surface area contributed by atoms with Crippen molar-refractivity contribution in [1.82, 2.24) is 4.57 Å². The lowest BCUT2D eigenvalue weighted by molar-refractivity contribution is 0.241. The minimum Gasteiger partial charge on any atom is -0.310 e. The van der Waals surface area contributed by atoms with Crippen LogP contribution in [0, 0.1) is 23.7 Å². The van der Waals surface area contributed by atoms with Crippen molar-refractivity contribution in [2.75, 3.05) is 4.90 Å². The summed E-state index contributed by atoms with van der Waals surface area (Å²) in [5, 5.41) is 7.72. The molecule has 2 heteroatoms. The summed E-state index contributed by atoms with van der Waals surface area (Å²) in [7, 11) is 0. The van der Waals surface area contributed by atoms with E-state index in [0.29, 0.717) is 0 Å². The highest BCUT2D eigenvalue weighted by molar-refractivity contribution is 6.14. The van der Waals surface area contributed by atoms with Crippen molar-refractivity contribution >= 4 is 60.4 Å². The molecule has 3 aliphatic rings. The highest BCUT2D eigenvalue weighted by Gasteiger charge is 2.54. The maximum Gasteiger partial charge on any atom is 0.0541 e. The van der Waals surface area contributed by atoms with E-state index in [1.54, 1.807) is 5.56 Å². The van der Waals surface area contributed by atoms with E-state index in [4.69, 9.17) is 0 Å². The van der Waals surface area contributed by atoms with Gasteiger partial charge >= 0.3 is 0 Å². The monoisotopic (exact) mass is 824 g/mol. The summed E-state index contributed by atoms with van der Waals surface area (Å²) in [6.45, 7) is 2.54. The highest BCUT2D eigenvalue weighted by atomic mass is 15.1. The summed E-state index contributed by atoms with van der Waals surface area (Å²) in [6.07, 6.45) is 8.35. The third-order valence-corrected chi connectivity index (χ3v) is 15.8. The molecule has 2 nitrogen and oxygen atoms in total. The first-order valence-electron chi connectivity index (χ1n) is 23.7. The van der Waals surface area contributed by atoms with E-state index in [9.17, 15) is 0 Å². The fraction of sp³-hybridized carbons (Fsp3) is 0.194. The molecule has 3 fully saturated rings. The standard InChI is InChI=1S/C62H52N2/c1-41-31-42-32-43-34-49(33-42)62(39-41,40-43)48-16-12-19-53(38-48)63(50-29-27-44(28-30-50)59-37-47-13-2-3-20-54(47)55-21-4-5-22-56(55)59)51-17-10-14-45(35-51)46-15-11-18-52(36-46)64-60-25-8-6-23-57(60)58-24-7-9-26-61(58)64/h2-30,35-38,41-43,49H,31-34,39-40H2,1H3/t41-,42-,43+,49+,62?/m0/s1. The number of aromatic nitrogens is 1. The molecule has 0 amide bonds.